The van der Waals surface area contributed by atoms with Crippen LogP contribution in [0.1, 0.15) is 22.3 Å². The molecule has 4 nitrogen and oxygen atoms in total. The lowest BCUT2D eigenvalue weighted by molar-refractivity contribution is 0.399. The molecule has 0 fully saturated rings. The lowest BCUT2D eigenvalue weighted by Gasteiger charge is -2.45. The summed E-state index contributed by atoms with van der Waals surface area (Å²) in [6.07, 6.45) is 0. The van der Waals surface area contributed by atoms with Gasteiger partial charge in [0.1, 0.15) is 23.0 Å². The summed E-state index contributed by atoms with van der Waals surface area (Å²) in [5, 5.41) is 0. The Morgan fingerprint density at radius 1 is 0.340 bits per heavy atom. The maximum atomic E-state index is 6.84. The molecule has 0 saturated carbocycles. The Labute approximate surface area is 272 Å². The molecule has 4 heteroatoms. The van der Waals surface area contributed by atoms with E-state index in [0.717, 1.165) is 84.9 Å². The molecule has 0 N–H and O–H groups in total. The Bertz CT molecular complexity index is 2310. The molecule has 3 aliphatic heterocycles. The Balaban J connectivity index is 1.23. The SMILES string of the molecule is c1ccc(-c2ccc3c(c2)Oc2ccccc2C32c3ccccc3Oc3cc(N4c5ccccc5Oc5ccccc54)ccc32)cc1. The van der Waals surface area contributed by atoms with Gasteiger partial charge in [0.05, 0.1) is 22.5 Å². The molecule has 222 valence electrons. The second-order valence-corrected chi connectivity index (χ2v) is 12.1. The van der Waals surface area contributed by atoms with E-state index < -0.39 is 5.41 Å². The van der Waals surface area contributed by atoms with Crippen LogP contribution in [0.15, 0.2) is 164 Å². The molecule has 1 spiro atoms. The monoisotopic (exact) mass is 605 g/mol. The smallest absolute Gasteiger partial charge is 0.151 e. The van der Waals surface area contributed by atoms with Crippen LogP contribution in [0.25, 0.3) is 11.1 Å². The van der Waals surface area contributed by atoms with Crippen LogP contribution in [-0.2, 0) is 5.41 Å². The second kappa shape index (κ2) is 9.87. The van der Waals surface area contributed by atoms with E-state index in [-0.39, 0.29) is 0 Å². The fraction of sp³-hybridized carbons (Fsp3) is 0.0233. The van der Waals surface area contributed by atoms with Crippen molar-refractivity contribution < 1.29 is 14.2 Å². The molecule has 3 aliphatic rings. The van der Waals surface area contributed by atoms with Crippen LogP contribution < -0.4 is 19.1 Å². The molecular weight excluding hydrogens is 578 g/mol. The summed E-state index contributed by atoms with van der Waals surface area (Å²) in [4.78, 5) is 2.25. The van der Waals surface area contributed by atoms with Crippen molar-refractivity contribution in [1.29, 1.82) is 0 Å². The highest BCUT2D eigenvalue weighted by atomic mass is 16.5. The van der Waals surface area contributed by atoms with Crippen molar-refractivity contribution in [2.45, 2.75) is 5.41 Å². The lowest BCUT2D eigenvalue weighted by atomic mass is 9.62. The van der Waals surface area contributed by atoms with Crippen molar-refractivity contribution in [1.82, 2.24) is 0 Å². The summed E-state index contributed by atoms with van der Waals surface area (Å²) in [7, 11) is 0. The summed E-state index contributed by atoms with van der Waals surface area (Å²) in [5.74, 6) is 4.94. The van der Waals surface area contributed by atoms with E-state index in [1.165, 1.54) is 0 Å². The normalized spacial score (nSPS) is 16.2. The molecule has 1 unspecified atom stereocenters. The van der Waals surface area contributed by atoms with Crippen LogP contribution in [0.3, 0.4) is 0 Å². The van der Waals surface area contributed by atoms with Crippen LogP contribution in [0.5, 0.6) is 34.5 Å². The quantitative estimate of drug-likeness (QED) is 0.196. The zero-order chi connectivity index (χ0) is 31.0. The first kappa shape index (κ1) is 26.0. The van der Waals surface area contributed by atoms with Gasteiger partial charge in [-0.05, 0) is 59.7 Å². The molecular formula is C43H27NO3. The molecule has 10 rings (SSSR count). The number of anilines is 3. The van der Waals surface area contributed by atoms with Gasteiger partial charge < -0.3 is 19.1 Å². The van der Waals surface area contributed by atoms with Crippen LogP contribution in [0, 0.1) is 0 Å². The number of rotatable bonds is 2. The van der Waals surface area contributed by atoms with E-state index >= 15 is 0 Å². The molecule has 0 bridgehead atoms. The van der Waals surface area contributed by atoms with Gasteiger partial charge in [-0.15, -0.1) is 0 Å². The molecule has 1 atom stereocenters. The second-order valence-electron chi connectivity index (χ2n) is 12.1. The highest BCUT2D eigenvalue weighted by Crippen LogP contribution is 2.62. The summed E-state index contributed by atoms with van der Waals surface area (Å²) < 4.78 is 19.9. The maximum absolute atomic E-state index is 6.84. The Kier molecular flexibility index (Phi) is 5.46. The van der Waals surface area contributed by atoms with Gasteiger partial charge in [0.15, 0.2) is 11.5 Å². The van der Waals surface area contributed by atoms with Crippen molar-refractivity contribution >= 4 is 17.1 Å². The third kappa shape index (κ3) is 3.70. The number of hydrogen-bond donors (Lipinski definition) is 0. The topological polar surface area (TPSA) is 30.9 Å². The van der Waals surface area contributed by atoms with Crippen molar-refractivity contribution in [2.75, 3.05) is 4.90 Å². The largest absolute Gasteiger partial charge is 0.457 e. The van der Waals surface area contributed by atoms with E-state index in [1.54, 1.807) is 0 Å². The standard InChI is InChI=1S/C43H27NO3/c1-2-12-28(13-3-1)29-22-24-33-41(26-29)45-37-18-8-4-14-31(37)43(33)32-15-5-9-19-38(32)46-42-27-30(23-25-34(42)43)44-35-16-6-10-20-39(35)47-40-21-11-7-17-36(40)44/h1-27H. The van der Waals surface area contributed by atoms with Crippen LogP contribution in [-0.4, -0.2) is 0 Å². The zero-order valence-corrected chi connectivity index (χ0v) is 25.3. The minimum atomic E-state index is -0.664. The summed E-state index contributed by atoms with van der Waals surface area (Å²) in [6.45, 7) is 0. The number of hydrogen-bond acceptors (Lipinski definition) is 4. The maximum Gasteiger partial charge on any atom is 0.151 e. The molecule has 47 heavy (non-hydrogen) atoms. The average Bonchev–Trinajstić information content (AvgIpc) is 3.13. The van der Waals surface area contributed by atoms with Crippen molar-refractivity contribution in [3.63, 3.8) is 0 Å². The van der Waals surface area contributed by atoms with Gasteiger partial charge in [0, 0.05) is 28.3 Å². The molecule has 0 saturated heterocycles. The molecule has 0 radical (unpaired) electrons. The lowest BCUT2D eigenvalue weighted by Crippen LogP contribution is -2.36. The summed E-state index contributed by atoms with van der Waals surface area (Å²) in [6, 6.07) is 56.8. The van der Waals surface area contributed by atoms with E-state index in [1.807, 2.05) is 54.6 Å². The summed E-state index contributed by atoms with van der Waals surface area (Å²) in [5.41, 5.74) is 8.87. The Hall–Kier alpha value is -6.26. The van der Waals surface area contributed by atoms with Crippen molar-refractivity contribution in [3.8, 4) is 45.6 Å². The fourth-order valence-electron chi connectivity index (χ4n) is 7.59. The molecule has 3 heterocycles. The molecule has 7 aromatic carbocycles. The predicted octanol–water partition coefficient (Wildman–Crippen LogP) is 11.5. The predicted molar refractivity (Wildman–Crippen MR) is 185 cm³/mol. The molecule has 7 aromatic rings. The third-order valence-corrected chi connectivity index (χ3v) is 9.57. The molecule has 0 aliphatic carbocycles. The fourth-order valence-corrected chi connectivity index (χ4v) is 7.59. The Morgan fingerprint density at radius 3 is 1.45 bits per heavy atom. The van der Waals surface area contributed by atoms with Gasteiger partial charge in [0.2, 0.25) is 0 Å². The van der Waals surface area contributed by atoms with Crippen LogP contribution in [0.4, 0.5) is 17.1 Å². The minimum Gasteiger partial charge on any atom is -0.457 e. The van der Waals surface area contributed by atoms with Gasteiger partial charge in [-0.25, -0.2) is 0 Å². The first-order chi connectivity index (χ1) is 23.3. The van der Waals surface area contributed by atoms with Crippen molar-refractivity contribution in [2.24, 2.45) is 0 Å². The number of para-hydroxylation sites is 6. The van der Waals surface area contributed by atoms with Gasteiger partial charge in [-0.3, -0.25) is 0 Å². The minimum absolute atomic E-state index is 0.664. The first-order valence-corrected chi connectivity index (χ1v) is 15.8. The molecule has 0 amide bonds. The zero-order valence-electron chi connectivity index (χ0n) is 25.3. The van der Waals surface area contributed by atoms with E-state index in [9.17, 15) is 0 Å². The van der Waals surface area contributed by atoms with Gasteiger partial charge >= 0.3 is 0 Å². The van der Waals surface area contributed by atoms with E-state index in [2.05, 4.69) is 114 Å². The highest BCUT2D eigenvalue weighted by Gasteiger charge is 2.50. The van der Waals surface area contributed by atoms with Crippen molar-refractivity contribution in [3.05, 3.63) is 186 Å². The number of benzene rings is 7. The number of fused-ring (bicyclic) bond motifs is 10. The van der Waals surface area contributed by atoms with Gasteiger partial charge in [-0.2, -0.15) is 0 Å². The van der Waals surface area contributed by atoms with E-state index in [0.29, 0.717) is 0 Å². The first-order valence-electron chi connectivity index (χ1n) is 15.8. The van der Waals surface area contributed by atoms with Crippen LogP contribution in [0.2, 0.25) is 0 Å². The highest BCUT2D eigenvalue weighted by molar-refractivity contribution is 5.87. The number of ether oxygens (including phenoxy) is 3. The Morgan fingerprint density at radius 2 is 0.809 bits per heavy atom. The molecule has 0 aromatic heterocycles. The van der Waals surface area contributed by atoms with Gasteiger partial charge in [-0.1, -0.05) is 109 Å². The van der Waals surface area contributed by atoms with E-state index in [4.69, 9.17) is 14.2 Å². The third-order valence-electron chi connectivity index (χ3n) is 9.57. The summed E-state index contributed by atoms with van der Waals surface area (Å²) >= 11 is 0. The average molecular weight is 606 g/mol. The number of nitrogens with zero attached hydrogens (tertiary/aromatic N) is 1. The van der Waals surface area contributed by atoms with Crippen LogP contribution >= 0.6 is 0 Å². The van der Waals surface area contributed by atoms with Gasteiger partial charge in [0.25, 0.3) is 0 Å².